The number of hydrogen-bond donors (Lipinski definition) is 1. The zero-order valence-corrected chi connectivity index (χ0v) is 12.6. The van der Waals surface area contributed by atoms with Crippen LogP contribution in [0, 0.1) is 6.92 Å². The zero-order chi connectivity index (χ0) is 14.4. The van der Waals surface area contributed by atoms with E-state index >= 15 is 0 Å². The minimum atomic E-state index is 0.270. The van der Waals surface area contributed by atoms with Crippen molar-refractivity contribution in [3.63, 3.8) is 0 Å². The second kappa shape index (κ2) is 7.20. The lowest BCUT2D eigenvalue weighted by atomic mass is 10.0. The van der Waals surface area contributed by atoms with Gasteiger partial charge in [-0.3, -0.25) is 4.98 Å². The van der Waals surface area contributed by atoms with Gasteiger partial charge in [-0.15, -0.1) is 0 Å². The molecule has 2 aromatic rings. The molecule has 0 aliphatic carbocycles. The average Bonchev–Trinajstić information content (AvgIpc) is 2.87. The van der Waals surface area contributed by atoms with E-state index in [0.717, 1.165) is 37.4 Å². The summed E-state index contributed by atoms with van der Waals surface area (Å²) in [4.78, 5) is 8.92. The number of likely N-dealkylation sites (N-methyl/N-ethyl adjacent to an activating group) is 1. The Balaban J connectivity index is 2.21. The third kappa shape index (κ3) is 3.45. The number of aromatic nitrogens is 3. The number of hydrogen-bond acceptors (Lipinski definition) is 3. The van der Waals surface area contributed by atoms with Crippen LogP contribution in [0.5, 0.6) is 0 Å². The third-order valence-electron chi connectivity index (χ3n) is 3.53. The topological polar surface area (TPSA) is 42.7 Å². The van der Waals surface area contributed by atoms with E-state index in [1.54, 1.807) is 0 Å². The van der Waals surface area contributed by atoms with Crippen LogP contribution in [0.15, 0.2) is 30.7 Å². The van der Waals surface area contributed by atoms with Crippen molar-refractivity contribution in [3.8, 4) is 0 Å². The van der Waals surface area contributed by atoms with Gasteiger partial charge in [-0.05, 0) is 31.5 Å². The Morgan fingerprint density at radius 3 is 2.80 bits per heavy atom. The summed E-state index contributed by atoms with van der Waals surface area (Å²) in [5.41, 5.74) is 2.35. The first-order valence-electron chi connectivity index (χ1n) is 7.41. The predicted octanol–water partition coefficient (Wildman–Crippen LogP) is 2.89. The van der Waals surface area contributed by atoms with Gasteiger partial charge in [0.05, 0.1) is 0 Å². The van der Waals surface area contributed by atoms with Gasteiger partial charge in [0.1, 0.15) is 5.82 Å². The average molecular weight is 272 g/mol. The summed E-state index contributed by atoms with van der Waals surface area (Å²) in [7, 11) is 0. The predicted molar refractivity (Wildman–Crippen MR) is 81.6 cm³/mol. The van der Waals surface area contributed by atoms with Gasteiger partial charge in [0.15, 0.2) is 0 Å². The zero-order valence-electron chi connectivity index (χ0n) is 12.6. The molecule has 2 heterocycles. The van der Waals surface area contributed by atoms with Crippen LogP contribution < -0.4 is 5.32 Å². The lowest BCUT2D eigenvalue weighted by Gasteiger charge is -2.20. The molecule has 0 aliphatic rings. The molecule has 1 atom stereocenters. The Hall–Kier alpha value is -1.68. The molecular weight excluding hydrogens is 248 g/mol. The van der Waals surface area contributed by atoms with Crippen molar-refractivity contribution in [1.29, 1.82) is 0 Å². The van der Waals surface area contributed by atoms with Gasteiger partial charge < -0.3 is 9.88 Å². The second-order valence-electron chi connectivity index (χ2n) is 5.03. The number of pyridine rings is 1. The molecule has 4 heteroatoms. The highest BCUT2D eigenvalue weighted by atomic mass is 15.1. The van der Waals surface area contributed by atoms with Crippen molar-refractivity contribution in [2.45, 2.75) is 46.2 Å². The van der Waals surface area contributed by atoms with E-state index < -0.39 is 0 Å². The summed E-state index contributed by atoms with van der Waals surface area (Å²) in [6, 6.07) is 4.43. The molecule has 0 saturated heterocycles. The van der Waals surface area contributed by atoms with Gasteiger partial charge >= 0.3 is 0 Å². The number of nitrogens with one attached hydrogen (secondary N) is 1. The maximum absolute atomic E-state index is 4.51. The highest BCUT2D eigenvalue weighted by Gasteiger charge is 2.16. The van der Waals surface area contributed by atoms with Crippen LogP contribution in [-0.2, 0) is 13.0 Å². The molecule has 0 radical (unpaired) electrons. The molecule has 20 heavy (non-hydrogen) atoms. The summed E-state index contributed by atoms with van der Waals surface area (Å²) < 4.78 is 2.25. The molecule has 0 fully saturated rings. The first kappa shape index (κ1) is 14.7. The van der Waals surface area contributed by atoms with Gasteiger partial charge in [-0.1, -0.05) is 19.9 Å². The Kier molecular flexibility index (Phi) is 5.30. The maximum atomic E-state index is 4.51. The highest BCUT2D eigenvalue weighted by Crippen LogP contribution is 2.20. The van der Waals surface area contributed by atoms with E-state index in [9.17, 15) is 0 Å². The van der Waals surface area contributed by atoms with Crippen LogP contribution in [0.1, 0.15) is 43.4 Å². The van der Waals surface area contributed by atoms with Crippen molar-refractivity contribution in [2.75, 3.05) is 6.54 Å². The van der Waals surface area contributed by atoms with Gasteiger partial charge in [0, 0.05) is 43.3 Å². The SMILES string of the molecule is CCCn1ccnc1CC(NCC)c1cccnc1C. The number of imidazole rings is 1. The fourth-order valence-corrected chi connectivity index (χ4v) is 2.56. The molecule has 108 valence electrons. The molecule has 4 nitrogen and oxygen atoms in total. The first-order chi connectivity index (χ1) is 9.76. The van der Waals surface area contributed by atoms with Crippen LogP contribution >= 0.6 is 0 Å². The minimum Gasteiger partial charge on any atom is -0.335 e. The molecule has 0 bridgehead atoms. The lowest BCUT2D eigenvalue weighted by Crippen LogP contribution is -2.25. The summed E-state index contributed by atoms with van der Waals surface area (Å²) in [6.45, 7) is 8.36. The normalized spacial score (nSPS) is 12.6. The third-order valence-corrected chi connectivity index (χ3v) is 3.53. The maximum Gasteiger partial charge on any atom is 0.110 e. The molecule has 2 rings (SSSR count). The Bertz CT molecular complexity index is 533. The quantitative estimate of drug-likeness (QED) is 0.842. The van der Waals surface area contributed by atoms with Crippen LogP contribution in [-0.4, -0.2) is 21.1 Å². The molecular formula is C16H24N4. The monoisotopic (exact) mass is 272 g/mol. The summed E-state index contributed by atoms with van der Waals surface area (Å²) in [5.74, 6) is 1.14. The lowest BCUT2D eigenvalue weighted by molar-refractivity contribution is 0.513. The van der Waals surface area contributed by atoms with E-state index in [0.29, 0.717) is 0 Å². The molecule has 0 aliphatic heterocycles. The van der Waals surface area contributed by atoms with Gasteiger partial charge in [0.25, 0.3) is 0 Å². The molecule has 0 aromatic carbocycles. The van der Waals surface area contributed by atoms with Crippen LogP contribution in [0.3, 0.4) is 0 Å². The number of nitrogens with zero attached hydrogens (tertiary/aromatic N) is 3. The van der Waals surface area contributed by atoms with E-state index in [1.807, 2.05) is 18.5 Å². The van der Waals surface area contributed by atoms with Gasteiger partial charge in [-0.2, -0.15) is 0 Å². The van der Waals surface area contributed by atoms with E-state index in [-0.39, 0.29) is 6.04 Å². The van der Waals surface area contributed by atoms with Crippen molar-refractivity contribution in [2.24, 2.45) is 0 Å². The highest BCUT2D eigenvalue weighted by molar-refractivity contribution is 5.23. The fourth-order valence-electron chi connectivity index (χ4n) is 2.56. The molecule has 1 unspecified atom stereocenters. The Morgan fingerprint density at radius 2 is 2.10 bits per heavy atom. The molecule has 0 amide bonds. The van der Waals surface area contributed by atoms with E-state index in [2.05, 4.69) is 52.9 Å². The van der Waals surface area contributed by atoms with E-state index in [4.69, 9.17) is 0 Å². The molecule has 2 aromatic heterocycles. The van der Waals surface area contributed by atoms with E-state index in [1.165, 1.54) is 5.56 Å². The second-order valence-corrected chi connectivity index (χ2v) is 5.03. The first-order valence-corrected chi connectivity index (χ1v) is 7.41. The van der Waals surface area contributed by atoms with Crippen molar-refractivity contribution >= 4 is 0 Å². The number of aryl methyl sites for hydroxylation is 2. The minimum absolute atomic E-state index is 0.270. The Morgan fingerprint density at radius 1 is 1.25 bits per heavy atom. The summed E-state index contributed by atoms with van der Waals surface area (Å²) in [6.07, 6.45) is 7.83. The largest absolute Gasteiger partial charge is 0.335 e. The van der Waals surface area contributed by atoms with Gasteiger partial charge in [-0.25, -0.2) is 4.98 Å². The standard InChI is InChI=1S/C16H24N4/c1-4-10-20-11-9-19-16(20)12-15(17-5-2)14-7-6-8-18-13(14)3/h6-9,11,15,17H,4-5,10,12H2,1-3H3. The fraction of sp³-hybridized carbons (Fsp3) is 0.500. The van der Waals surface area contributed by atoms with Crippen LogP contribution in [0.25, 0.3) is 0 Å². The Labute approximate surface area is 121 Å². The smallest absolute Gasteiger partial charge is 0.110 e. The van der Waals surface area contributed by atoms with Crippen molar-refractivity contribution < 1.29 is 0 Å². The number of rotatable bonds is 7. The molecule has 0 saturated carbocycles. The van der Waals surface area contributed by atoms with Crippen LogP contribution in [0.4, 0.5) is 0 Å². The van der Waals surface area contributed by atoms with Crippen molar-refractivity contribution in [1.82, 2.24) is 19.9 Å². The van der Waals surface area contributed by atoms with Gasteiger partial charge in [0.2, 0.25) is 0 Å². The van der Waals surface area contributed by atoms with Crippen LogP contribution in [0.2, 0.25) is 0 Å². The summed E-state index contributed by atoms with van der Waals surface area (Å²) >= 11 is 0. The summed E-state index contributed by atoms with van der Waals surface area (Å²) in [5, 5.41) is 3.55. The molecule has 1 N–H and O–H groups in total. The molecule has 0 spiro atoms. The van der Waals surface area contributed by atoms with Crippen molar-refractivity contribution in [3.05, 3.63) is 47.8 Å².